The van der Waals surface area contributed by atoms with Crippen LogP contribution in [0.25, 0.3) is 0 Å². The van der Waals surface area contributed by atoms with Gasteiger partial charge in [0.05, 0.1) is 35.2 Å². The number of fused-ring (bicyclic) bond motifs is 2. The van der Waals surface area contributed by atoms with Gasteiger partial charge in [-0.3, -0.25) is 19.2 Å². The molecular formula is C26H42N2O10S2. The van der Waals surface area contributed by atoms with Crippen molar-refractivity contribution < 1.29 is 44.6 Å². The van der Waals surface area contributed by atoms with Crippen LogP contribution >= 0.6 is 0 Å². The van der Waals surface area contributed by atoms with Gasteiger partial charge >= 0.3 is 0 Å². The Hall–Kier alpha value is -1.90. The van der Waals surface area contributed by atoms with Crippen LogP contribution in [0.15, 0.2) is 0 Å². The highest BCUT2D eigenvalue weighted by atomic mass is 32.2. The third kappa shape index (κ3) is 8.10. The fourth-order valence-electron chi connectivity index (χ4n) is 5.68. The van der Waals surface area contributed by atoms with Gasteiger partial charge in [0.1, 0.15) is 0 Å². The van der Waals surface area contributed by atoms with E-state index in [4.69, 9.17) is 8.57 Å². The SMILES string of the molecule is CCCCCCCCS(=O)(=O)ON1C(=O)C2CC3C(=O)N(OS(=O)(=O)CCCCCCCC)C(=O)C3CC2C1=O. The number of rotatable bonds is 18. The molecule has 0 aromatic carbocycles. The molecule has 2 aliphatic heterocycles. The molecule has 0 aromatic heterocycles. The summed E-state index contributed by atoms with van der Waals surface area (Å²) in [4.78, 5) is 51.8. The molecule has 14 heteroatoms. The number of hydroxylamine groups is 4. The molecule has 3 fully saturated rings. The molecule has 12 nitrogen and oxygen atoms in total. The summed E-state index contributed by atoms with van der Waals surface area (Å²) in [6, 6.07) is 0. The minimum Gasteiger partial charge on any atom is -0.272 e. The van der Waals surface area contributed by atoms with Gasteiger partial charge in [0, 0.05) is 0 Å². The van der Waals surface area contributed by atoms with Crippen LogP contribution in [0, 0.1) is 23.7 Å². The van der Waals surface area contributed by atoms with Crippen LogP contribution in [-0.2, 0) is 48.0 Å². The fraction of sp³-hybridized carbons (Fsp3) is 0.846. The van der Waals surface area contributed by atoms with Crippen molar-refractivity contribution in [3.8, 4) is 0 Å². The molecule has 0 radical (unpaired) electrons. The summed E-state index contributed by atoms with van der Waals surface area (Å²) in [5.41, 5.74) is 0. The van der Waals surface area contributed by atoms with Crippen molar-refractivity contribution in [1.29, 1.82) is 0 Å². The summed E-state index contributed by atoms with van der Waals surface area (Å²) in [6.45, 7) is 4.15. The monoisotopic (exact) mass is 606 g/mol. The summed E-state index contributed by atoms with van der Waals surface area (Å²) in [5, 5.41) is 0.522. The van der Waals surface area contributed by atoms with E-state index in [1.54, 1.807) is 0 Å². The Balaban J connectivity index is 1.56. The maximum absolute atomic E-state index is 13.0. The van der Waals surface area contributed by atoms with Crippen LogP contribution in [0.5, 0.6) is 0 Å². The molecule has 228 valence electrons. The van der Waals surface area contributed by atoms with Gasteiger partial charge in [-0.05, 0) is 25.7 Å². The lowest BCUT2D eigenvalue weighted by Gasteiger charge is -2.27. The molecule has 3 aliphatic rings. The Morgan fingerprint density at radius 1 is 0.525 bits per heavy atom. The number of hydrogen-bond acceptors (Lipinski definition) is 10. The van der Waals surface area contributed by atoms with Gasteiger partial charge in [0.25, 0.3) is 43.9 Å². The first-order chi connectivity index (χ1) is 18.9. The average Bonchev–Trinajstić information content (AvgIpc) is 3.26. The Morgan fingerprint density at radius 2 is 0.800 bits per heavy atom. The van der Waals surface area contributed by atoms with E-state index in [-0.39, 0.29) is 34.5 Å². The van der Waals surface area contributed by atoms with E-state index in [9.17, 15) is 36.0 Å². The topological polar surface area (TPSA) is 161 Å². The Morgan fingerprint density at radius 3 is 1.10 bits per heavy atom. The Kier molecular flexibility index (Phi) is 11.7. The second-order valence-corrected chi connectivity index (χ2v) is 14.4. The Labute approximate surface area is 237 Å². The number of hydrogen-bond donors (Lipinski definition) is 0. The molecule has 2 heterocycles. The summed E-state index contributed by atoms with van der Waals surface area (Å²) in [5.74, 6) is -8.38. The van der Waals surface area contributed by atoms with Crippen molar-refractivity contribution >= 4 is 43.9 Å². The van der Waals surface area contributed by atoms with Crippen molar-refractivity contribution in [3.63, 3.8) is 0 Å². The Bertz CT molecular complexity index is 1020. The van der Waals surface area contributed by atoms with E-state index in [1.165, 1.54) is 0 Å². The standard InChI is InChI=1S/C26H42N2O10S2/c1-3-5-7-9-11-13-15-39(33,34)37-27-23(29)19-17-21-22(18-20(19)24(27)30)26(32)28(25(21)31)38-40(35,36)16-14-12-10-8-6-4-2/h19-22H,3-18H2,1-2H3. The minimum atomic E-state index is -4.19. The summed E-state index contributed by atoms with van der Waals surface area (Å²) >= 11 is 0. The molecule has 4 atom stereocenters. The van der Waals surface area contributed by atoms with E-state index in [2.05, 4.69) is 13.8 Å². The third-order valence-corrected chi connectivity index (χ3v) is 10.3. The van der Waals surface area contributed by atoms with E-state index < -0.39 is 67.5 Å². The molecule has 3 rings (SSSR count). The van der Waals surface area contributed by atoms with E-state index in [0.717, 1.165) is 51.4 Å². The van der Waals surface area contributed by atoms with Crippen molar-refractivity contribution in [2.75, 3.05) is 11.5 Å². The number of unbranched alkanes of at least 4 members (excludes halogenated alkanes) is 10. The minimum absolute atomic E-state index is 0.209. The van der Waals surface area contributed by atoms with Crippen LogP contribution in [-0.4, -0.2) is 62.1 Å². The first-order valence-electron chi connectivity index (χ1n) is 14.5. The van der Waals surface area contributed by atoms with Crippen LogP contribution in [0.2, 0.25) is 0 Å². The zero-order chi connectivity index (χ0) is 29.5. The normalized spacial score (nSPS) is 25.1. The highest BCUT2D eigenvalue weighted by Gasteiger charge is 2.61. The van der Waals surface area contributed by atoms with Gasteiger partial charge in [-0.25, -0.2) is 0 Å². The highest BCUT2D eigenvalue weighted by Crippen LogP contribution is 2.48. The maximum atomic E-state index is 13.0. The molecular weight excluding hydrogens is 564 g/mol. The van der Waals surface area contributed by atoms with Gasteiger partial charge in [-0.15, -0.1) is 18.7 Å². The smallest absolute Gasteiger partial charge is 0.272 e. The summed E-state index contributed by atoms with van der Waals surface area (Å²) in [7, 11) is -8.39. The van der Waals surface area contributed by atoms with Crippen molar-refractivity contribution in [3.05, 3.63) is 0 Å². The summed E-state index contributed by atoms with van der Waals surface area (Å²) in [6.07, 6.45) is 9.60. The van der Waals surface area contributed by atoms with Crippen molar-refractivity contribution in [2.24, 2.45) is 23.7 Å². The molecule has 4 unspecified atom stereocenters. The lowest BCUT2D eigenvalue weighted by molar-refractivity contribution is -0.166. The first kappa shape index (κ1) is 32.6. The lowest BCUT2D eigenvalue weighted by Crippen LogP contribution is -2.36. The van der Waals surface area contributed by atoms with E-state index in [1.807, 2.05) is 0 Å². The molecule has 2 saturated heterocycles. The molecule has 0 N–H and O–H groups in total. The molecule has 0 aromatic rings. The highest BCUT2D eigenvalue weighted by molar-refractivity contribution is 7.86. The average molecular weight is 607 g/mol. The molecule has 0 spiro atoms. The van der Waals surface area contributed by atoms with Gasteiger partial charge in [-0.2, -0.15) is 16.8 Å². The maximum Gasteiger partial charge on any atom is 0.288 e. The molecule has 1 aliphatic carbocycles. The first-order valence-corrected chi connectivity index (χ1v) is 17.7. The number of nitrogens with zero attached hydrogens (tertiary/aromatic N) is 2. The van der Waals surface area contributed by atoms with Gasteiger partial charge in [0.2, 0.25) is 0 Å². The molecule has 1 saturated carbocycles. The number of amides is 4. The van der Waals surface area contributed by atoms with Crippen LogP contribution in [0.4, 0.5) is 0 Å². The fourth-order valence-corrected chi connectivity index (χ4v) is 7.70. The quantitative estimate of drug-likeness (QED) is 0.167. The van der Waals surface area contributed by atoms with Gasteiger partial charge in [0.15, 0.2) is 0 Å². The summed E-state index contributed by atoms with van der Waals surface area (Å²) < 4.78 is 59.5. The van der Waals surface area contributed by atoms with Crippen molar-refractivity contribution in [2.45, 2.75) is 104 Å². The number of carbonyl (C=O) groups is 4. The zero-order valence-corrected chi connectivity index (χ0v) is 25.0. The number of imide groups is 2. The predicted octanol–water partition coefficient (Wildman–Crippen LogP) is 3.23. The van der Waals surface area contributed by atoms with Crippen molar-refractivity contribution in [1.82, 2.24) is 10.1 Å². The molecule has 40 heavy (non-hydrogen) atoms. The predicted molar refractivity (Wildman–Crippen MR) is 143 cm³/mol. The second kappa shape index (κ2) is 14.3. The van der Waals surface area contributed by atoms with Crippen LogP contribution in [0.3, 0.4) is 0 Å². The second-order valence-electron chi connectivity index (χ2n) is 11.0. The molecule has 4 amide bonds. The van der Waals surface area contributed by atoms with E-state index >= 15 is 0 Å². The van der Waals surface area contributed by atoms with E-state index in [0.29, 0.717) is 25.7 Å². The lowest BCUT2D eigenvalue weighted by atomic mass is 9.70. The number of carbonyl (C=O) groups excluding carboxylic acids is 4. The zero-order valence-electron chi connectivity index (χ0n) is 23.4. The van der Waals surface area contributed by atoms with Gasteiger partial charge in [-0.1, -0.05) is 78.1 Å². The third-order valence-electron chi connectivity index (χ3n) is 7.93. The van der Waals surface area contributed by atoms with Crippen LogP contribution in [0.1, 0.15) is 104 Å². The van der Waals surface area contributed by atoms with Gasteiger partial charge < -0.3 is 0 Å². The largest absolute Gasteiger partial charge is 0.288 e. The molecule has 0 bridgehead atoms. The van der Waals surface area contributed by atoms with Crippen LogP contribution < -0.4 is 0 Å².